The number of benzene rings is 1. The number of carbonyl (C=O) groups excluding carboxylic acids is 1. The van der Waals surface area contributed by atoms with E-state index in [9.17, 15) is 22.4 Å². The average molecular weight is 474 g/mol. The molecule has 8 nitrogen and oxygen atoms in total. The van der Waals surface area contributed by atoms with E-state index < -0.39 is 24.2 Å². The molecule has 1 amide bonds. The van der Waals surface area contributed by atoms with Gasteiger partial charge in [0.2, 0.25) is 0 Å². The number of halogens is 4. The monoisotopic (exact) mass is 474 g/mol. The first-order valence-electron chi connectivity index (χ1n) is 10.3. The number of furan rings is 1. The lowest BCUT2D eigenvalue weighted by Crippen LogP contribution is -2.35. The molecule has 1 aromatic carbocycles. The quantitative estimate of drug-likeness (QED) is 0.407. The van der Waals surface area contributed by atoms with Gasteiger partial charge in [0.15, 0.2) is 11.7 Å². The lowest BCUT2D eigenvalue weighted by molar-refractivity contribution is -0.174. The number of carbonyl (C=O) groups is 1. The molecule has 0 aliphatic carbocycles. The summed E-state index contributed by atoms with van der Waals surface area (Å²) in [5.41, 5.74) is 0.967. The highest BCUT2D eigenvalue weighted by molar-refractivity contribution is 6.03. The summed E-state index contributed by atoms with van der Waals surface area (Å²) in [6.07, 6.45) is -0.547. The van der Waals surface area contributed by atoms with Crippen LogP contribution >= 0.6 is 0 Å². The van der Waals surface area contributed by atoms with Crippen LogP contribution in [0.5, 0.6) is 0 Å². The predicted octanol–water partition coefficient (Wildman–Crippen LogP) is 4.77. The summed E-state index contributed by atoms with van der Waals surface area (Å²) in [6, 6.07) is 7.73. The number of hydrogen-bond acceptors (Lipinski definition) is 5. The first kappa shape index (κ1) is 21.7. The number of hydrogen-bond donors (Lipinski definition) is 2. The molecule has 0 fully saturated rings. The third-order valence-electron chi connectivity index (χ3n) is 5.46. The number of anilines is 2. The fourth-order valence-electron chi connectivity index (χ4n) is 3.85. The van der Waals surface area contributed by atoms with Crippen LogP contribution in [0.25, 0.3) is 0 Å². The first-order valence-corrected chi connectivity index (χ1v) is 10.3. The molecule has 0 bridgehead atoms. The minimum atomic E-state index is -4.57. The second-order valence-corrected chi connectivity index (χ2v) is 7.87. The predicted molar refractivity (Wildman–Crippen MR) is 113 cm³/mol. The Hall–Kier alpha value is -4.09. The van der Waals surface area contributed by atoms with E-state index in [-0.39, 0.29) is 23.7 Å². The Kier molecular flexibility index (Phi) is 5.34. The molecule has 176 valence electrons. The highest BCUT2D eigenvalue weighted by atomic mass is 19.4. The molecule has 2 N–H and O–H groups in total. The molecular formula is C22H18F4N6O2. The topological polar surface area (TPSA) is 89.9 Å². The molecule has 34 heavy (non-hydrogen) atoms. The van der Waals surface area contributed by atoms with Crippen LogP contribution in [0.4, 0.5) is 29.1 Å². The summed E-state index contributed by atoms with van der Waals surface area (Å²) in [6.45, 7) is 0.347. The van der Waals surface area contributed by atoms with Crippen LogP contribution < -0.4 is 10.6 Å². The molecule has 0 saturated heterocycles. The molecular weight excluding hydrogens is 456 g/mol. The molecule has 0 spiro atoms. The standard InChI is InChI=1S/C22H18F4N6O2/c23-14-5-3-13(4-6-14)11-31-12-15(10-27-31)28-21(33)17-9-20-29-16(18-2-1-7-34-18)8-19(22(24,25)26)32(20)30-17/h1-7,9-10,12,16,19,29H,8,11H2,(H,28,33)/t16-,19+/m0/s1. The van der Waals surface area contributed by atoms with Crippen molar-refractivity contribution in [1.82, 2.24) is 19.6 Å². The Morgan fingerprint density at radius 3 is 2.74 bits per heavy atom. The van der Waals surface area contributed by atoms with E-state index in [0.717, 1.165) is 10.2 Å². The number of rotatable bonds is 5. The van der Waals surface area contributed by atoms with Gasteiger partial charge in [0.1, 0.15) is 17.4 Å². The van der Waals surface area contributed by atoms with Crippen LogP contribution in [-0.4, -0.2) is 31.6 Å². The maximum Gasteiger partial charge on any atom is 0.410 e. The summed E-state index contributed by atoms with van der Waals surface area (Å²) in [7, 11) is 0. The van der Waals surface area contributed by atoms with E-state index >= 15 is 0 Å². The van der Waals surface area contributed by atoms with Crippen LogP contribution in [0.3, 0.4) is 0 Å². The fourth-order valence-corrected chi connectivity index (χ4v) is 3.85. The van der Waals surface area contributed by atoms with Gasteiger partial charge in [0.25, 0.3) is 5.91 Å². The van der Waals surface area contributed by atoms with Gasteiger partial charge in [-0.3, -0.25) is 9.48 Å². The Balaban J connectivity index is 1.33. The van der Waals surface area contributed by atoms with Crippen molar-refractivity contribution in [1.29, 1.82) is 0 Å². The van der Waals surface area contributed by atoms with Crippen LogP contribution in [0.1, 0.15) is 40.3 Å². The number of nitrogens with one attached hydrogen (secondary N) is 2. The van der Waals surface area contributed by atoms with Crippen LogP contribution in [0.15, 0.2) is 65.5 Å². The summed E-state index contributed by atoms with van der Waals surface area (Å²) in [4.78, 5) is 12.7. The van der Waals surface area contributed by atoms with Gasteiger partial charge in [-0.15, -0.1) is 0 Å². The highest BCUT2D eigenvalue weighted by Crippen LogP contribution is 2.43. The van der Waals surface area contributed by atoms with Crippen molar-refractivity contribution < 1.29 is 26.8 Å². The lowest BCUT2D eigenvalue weighted by atomic mass is 10.0. The molecule has 0 unspecified atom stereocenters. The van der Waals surface area contributed by atoms with Crippen molar-refractivity contribution in [3.05, 3.63) is 84.0 Å². The van der Waals surface area contributed by atoms with E-state index in [0.29, 0.717) is 18.0 Å². The van der Waals surface area contributed by atoms with Gasteiger partial charge >= 0.3 is 6.18 Å². The zero-order valence-corrected chi connectivity index (χ0v) is 17.5. The van der Waals surface area contributed by atoms with Crippen molar-refractivity contribution in [2.75, 3.05) is 10.6 Å². The van der Waals surface area contributed by atoms with E-state index in [1.807, 2.05) is 0 Å². The smallest absolute Gasteiger partial charge is 0.410 e. The minimum absolute atomic E-state index is 0.0622. The van der Waals surface area contributed by atoms with Crippen LogP contribution in [0, 0.1) is 5.82 Å². The van der Waals surface area contributed by atoms with Gasteiger partial charge < -0.3 is 15.1 Å². The Labute approximate surface area is 190 Å². The van der Waals surface area contributed by atoms with Gasteiger partial charge in [0.05, 0.1) is 30.7 Å². The van der Waals surface area contributed by atoms with E-state index in [4.69, 9.17) is 4.42 Å². The zero-order chi connectivity index (χ0) is 23.9. The van der Waals surface area contributed by atoms with E-state index in [1.54, 1.807) is 30.5 Å². The van der Waals surface area contributed by atoms with Crippen LogP contribution in [0.2, 0.25) is 0 Å². The normalized spacial score (nSPS) is 17.8. The van der Waals surface area contributed by atoms with Gasteiger partial charge in [-0.25, -0.2) is 9.07 Å². The second kappa shape index (κ2) is 8.36. The number of nitrogens with zero attached hydrogens (tertiary/aromatic N) is 4. The Morgan fingerprint density at radius 2 is 2.03 bits per heavy atom. The summed E-state index contributed by atoms with van der Waals surface area (Å²) in [5.74, 6) is -0.605. The molecule has 2 atom stereocenters. The highest BCUT2D eigenvalue weighted by Gasteiger charge is 2.47. The SMILES string of the molecule is O=C(Nc1cnn(Cc2ccc(F)cc2)c1)c1cc2n(n1)[C@@H](C(F)(F)F)C[C@@H](c1ccco1)N2. The first-order chi connectivity index (χ1) is 16.3. The van der Waals surface area contributed by atoms with Crippen molar-refractivity contribution in [2.24, 2.45) is 0 Å². The molecule has 5 rings (SSSR count). The third-order valence-corrected chi connectivity index (χ3v) is 5.46. The maximum absolute atomic E-state index is 13.7. The van der Waals surface area contributed by atoms with E-state index in [2.05, 4.69) is 20.8 Å². The zero-order valence-electron chi connectivity index (χ0n) is 17.5. The number of alkyl halides is 3. The lowest BCUT2D eigenvalue weighted by Gasteiger charge is -2.32. The van der Waals surface area contributed by atoms with Crippen LogP contribution in [-0.2, 0) is 6.54 Å². The average Bonchev–Trinajstić information content (AvgIpc) is 3.54. The van der Waals surface area contributed by atoms with Crippen molar-refractivity contribution in [3.63, 3.8) is 0 Å². The Morgan fingerprint density at radius 1 is 1.24 bits per heavy atom. The molecule has 1 aliphatic heterocycles. The van der Waals surface area contributed by atoms with Gasteiger partial charge in [-0.05, 0) is 29.8 Å². The summed E-state index contributed by atoms with van der Waals surface area (Å²) >= 11 is 0. The molecule has 4 heterocycles. The number of fused-ring (bicyclic) bond motifs is 1. The Bertz CT molecular complexity index is 1290. The largest absolute Gasteiger partial charge is 0.467 e. The van der Waals surface area contributed by atoms with Crippen molar-refractivity contribution in [3.8, 4) is 0 Å². The van der Waals surface area contributed by atoms with Gasteiger partial charge in [0, 0.05) is 18.7 Å². The molecule has 12 heteroatoms. The number of aromatic nitrogens is 4. The summed E-state index contributed by atoms with van der Waals surface area (Å²) in [5, 5.41) is 13.6. The molecule has 3 aromatic heterocycles. The number of amides is 1. The summed E-state index contributed by atoms with van der Waals surface area (Å²) < 4.78 is 61.9. The van der Waals surface area contributed by atoms with Crippen molar-refractivity contribution >= 4 is 17.4 Å². The third kappa shape index (κ3) is 4.38. The van der Waals surface area contributed by atoms with Crippen molar-refractivity contribution in [2.45, 2.75) is 31.2 Å². The maximum atomic E-state index is 13.7. The minimum Gasteiger partial charge on any atom is -0.467 e. The second-order valence-electron chi connectivity index (χ2n) is 7.87. The molecule has 0 saturated carbocycles. The van der Waals surface area contributed by atoms with Gasteiger partial charge in [-0.2, -0.15) is 23.4 Å². The van der Waals surface area contributed by atoms with Gasteiger partial charge in [-0.1, -0.05) is 12.1 Å². The molecule has 4 aromatic rings. The molecule has 0 radical (unpaired) electrons. The van der Waals surface area contributed by atoms with E-state index in [1.165, 1.54) is 35.3 Å². The fraction of sp³-hybridized carbons (Fsp3) is 0.227. The molecule has 1 aliphatic rings.